The highest BCUT2D eigenvalue weighted by Gasteiger charge is 1.97. The van der Waals surface area contributed by atoms with Gasteiger partial charge in [-0.2, -0.15) is 0 Å². The van der Waals surface area contributed by atoms with Gasteiger partial charge in [0.15, 0.2) is 0 Å². The summed E-state index contributed by atoms with van der Waals surface area (Å²) in [5, 5.41) is 0. The van der Waals surface area contributed by atoms with Crippen LogP contribution in [0, 0.1) is 0 Å². The lowest BCUT2D eigenvalue weighted by Crippen LogP contribution is -3.00. The van der Waals surface area contributed by atoms with Gasteiger partial charge in [0.2, 0.25) is 0 Å². The van der Waals surface area contributed by atoms with Gasteiger partial charge in [0, 0.05) is 0 Å². The molecule has 1 rings (SSSR count). The highest BCUT2D eigenvalue weighted by Crippen LogP contribution is 2.20. The molecule has 0 heterocycles. The summed E-state index contributed by atoms with van der Waals surface area (Å²) in [6.45, 7) is 2.27. The Morgan fingerprint density at radius 2 is 1.73 bits per heavy atom. The summed E-state index contributed by atoms with van der Waals surface area (Å²) < 4.78 is 0. The van der Waals surface area contributed by atoms with E-state index in [1.165, 1.54) is 43.6 Å². The van der Waals surface area contributed by atoms with Crippen molar-refractivity contribution in [1.29, 1.82) is 0 Å². The lowest BCUT2D eigenvalue weighted by Gasteiger charge is -1.96. The number of unbranched alkanes of at least 4 members (excludes halogenated alkanes) is 3. The van der Waals surface area contributed by atoms with Crippen LogP contribution in [0.3, 0.4) is 0 Å². The maximum Gasteiger partial charge on any atom is 0.0797 e. The minimum absolute atomic E-state index is 0. The molecule has 0 bridgehead atoms. The fourth-order valence-corrected chi connectivity index (χ4v) is 2.99. The normalized spacial score (nSPS) is 10.5. The molecule has 0 nitrogen and oxygen atoms in total. The van der Waals surface area contributed by atoms with Gasteiger partial charge in [0.1, 0.15) is 0 Å². The molecule has 15 heavy (non-hydrogen) atoms. The first-order valence-corrected chi connectivity index (χ1v) is 7.42. The molecular weight excluding hydrogens is 223 g/mol. The maximum atomic E-state index is 2.27. The Morgan fingerprint density at radius 3 is 2.40 bits per heavy atom. The van der Waals surface area contributed by atoms with Crippen molar-refractivity contribution in [3.63, 3.8) is 0 Å². The Morgan fingerprint density at radius 1 is 1.00 bits per heavy atom. The predicted molar refractivity (Wildman–Crippen MR) is 68.9 cm³/mol. The van der Waals surface area contributed by atoms with E-state index in [0.717, 1.165) is 0 Å². The molecule has 0 amide bonds. The van der Waals surface area contributed by atoms with Gasteiger partial charge in [0.05, 0.1) is 12.3 Å². The van der Waals surface area contributed by atoms with E-state index in [1.54, 1.807) is 0 Å². The molecule has 0 N–H and O–H groups in total. The van der Waals surface area contributed by atoms with Crippen molar-refractivity contribution >= 4 is 8.58 Å². The van der Waals surface area contributed by atoms with Crippen LogP contribution in [0.1, 0.15) is 38.2 Å². The summed E-state index contributed by atoms with van der Waals surface area (Å²) in [6.07, 6.45) is 8.49. The molecule has 0 fully saturated rings. The molecule has 86 valence electrons. The molecule has 1 aromatic carbocycles. The van der Waals surface area contributed by atoms with E-state index in [2.05, 4.69) is 37.3 Å². The van der Waals surface area contributed by atoms with Gasteiger partial charge in [-0.05, 0) is 27.0 Å². The Balaban J connectivity index is 0.00000196. The van der Waals surface area contributed by atoms with Crippen molar-refractivity contribution in [1.82, 2.24) is 0 Å². The Labute approximate surface area is 102 Å². The van der Waals surface area contributed by atoms with Crippen molar-refractivity contribution in [3.05, 3.63) is 35.9 Å². The molecule has 0 saturated heterocycles. The third kappa shape index (κ3) is 7.82. The summed E-state index contributed by atoms with van der Waals surface area (Å²) in [5.41, 5.74) is 1.53. The zero-order valence-electron chi connectivity index (χ0n) is 9.58. The van der Waals surface area contributed by atoms with Gasteiger partial charge in [-0.1, -0.05) is 50.1 Å². The van der Waals surface area contributed by atoms with E-state index in [0.29, 0.717) is 8.58 Å². The first kappa shape index (κ1) is 14.9. The fraction of sp³-hybridized carbons (Fsp3) is 0.538. The second-order valence-corrected chi connectivity index (χ2v) is 5.39. The van der Waals surface area contributed by atoms with E-state index in [9.17, 15) is 0 Å². The summed E-state index contributed by atoms with van der Waals surface area (Å²) in [5.74, 6) is 0. The van der Waals surface area contributed by atoms with Gasteiger partial charge in [-0.3, -0.25) is 0 Å². The molecule has 1 aromatic rings. The van der Waals surface area contributed by atoms with Crippen molar-refractivity contribution in [2.75, 3.05) is 6.16 Å². The molecule has 1 atom stereocenters. The van der Waals surface area contributed by atoms with Crippen molar-refractivity contribution in [2.24, 2.45) is 0 Å². The van der Waals surface area contributed by atoms with Gasteiger partial charge in [-0.25, -0.2) is 0 Å². The van der Waals surface area contributed by atoms with E-state index in [-0.39, 0.29) is 12.4 Å². The maximum absolute atomic E-state index is 2.27. The van der Waals surface area contributed by atoms with Crippen LogP contribution in [-0.2, 0) is 6.16 Å². The molecule has 0 radical (unpaired) electrons. The van der Waals surface area contributed by atoms with Gasteiger partial charge in [0.25, 0.3) is 0 Å². The first-order chi connectivity index (χ1) is 6.93. The average Bonchev–Trinajstić information content (AvgIpc) is 2.25. The Kier molecular flexibility index (Phi) is 10.4. The van der Waals surface area contributed by atoms with Crippen molar-refractivity contribution < 1.29 is 12.4 Å². The second-order valence-electron chi connectivity index (χ2n) is 3.83. The number of hydrogen-bond acceptors (Lipinski definition) is 0. The fourth-order valence-electron chi connectivity index (χ4n) is 1.60. The lowest BCUT2D eigenvalue weighted by atomic mass is 10.2. The zero-order chi connectivity index (χ0) is 10.1. The standard InChI is InChI=1S/C13H21P.ClH/c1-2-3-4-8-11-14-12-13-9-6-5-7-10-13;/h5-7,9-10,14H,2-4,8,11-12H2,1H3;1H. The molecule has 0 aliphatic heterocycles. The van der Waals surface area contributed by atoms with Gasteiger partial charge >= 0.3 is 0 Å². The third-order valence-corrected chi connectivity index (χ3v) is 4.06. The van der Waals surface area contributed by atoms with Gasteiger partial charge in [-0.15, -0.1) is 0 Å². The Bertz CT molecular complexity index is 223. The van der Waals surface area contributed by atoms with Crippen LogP contribution in [0.15, 0.2) is 30.3 Å². The Hall–Kier alpha value is -0.0600. The average molecular weight is 245 g/mol. The van der Waals surface area contributed by atoms with Crippen LogP contribution in [0.5, 0.6) is 0 Å². The molecule has 2 heteroatoms. The topological polar surface area (TPSA) is 0 Å². The van der Waals surface area contributed by atoms with Gasteiger partial charge < -0.3 is 12.4 Å². The monoisotopic (exact) mass is 244 g/mol. The first-order valence-electron chi connectivity index (χ1n) is 5.79. The highest BCUT2D eigenvalue weighted by molar-refractivity contribution is 7.37. The molecular formula is C13H22ClP. The number of hydrogen-bond donors (Lipinski definition) is 0. The second kappa shape index (κ2) is 10.5. The molecule has 1 unspecified atom stereocenters. The van der Waals surface area contributed by atoms with E-state index < -0.39 is 0 Å². The van der Waals surface area contributed by atoms with Crippen LogP contribution in [0.2, 0.25) is 0 Å². The highest BCUT2D eigenvalue weighted by atomic mass is 35.5. The molecule has 0 saturated carbocycles. The quantitative estimate of drug-likeness (QED) is 0.499. The minimum atomic E-state index is 0. The third-order valence-electron chi connectivity index (χ3n) is 2.48. The van der Waals surface area contributed by atoms with Crippen LogP contribution in [-0.4, -0.2) is 6.16 Å². The smallest absolute Gasteiger partial charge is 0.0797 e. The number of halogens is 1. The SMILES string of the molecule is CCCCCC[PH2+]Cc1ccccc1.[Cl-]. The lowest BCUT2D eigenvalue weighted by molar-refractivity contribution is -0.00000297. The largest absolute Gasteiger partial charge is 1.00 e. The van der Waals surface area contributed by atoms with Crippen LogP contribution >= 0.6 is 8.58 Å². The van der Waals surface area contributed by atoms with Crippen molar-refractivity contribution in [3.8, 4) is 0 Å². The summed E-state index contributed by atoms with van der Waals surface area (Å²) in [7, 11) is 0.653. The molecule has 0 aromatic heterocycles. The molecule has 0 aliphatic carbocycles. The summed E-state index contributed by atoms with van der Waals surface area (Å²) >= 11 is 0. The number of benzene rings is 1. The molecule has 0 spiro atoms. The van der Waals surface area contributed by atoms with E-state index in [4.69, 9.17) is 0 Å². The summed E-state index contributed by atoms with van der Waals surface area (Å²) in [4.78, 5) is 0. The molecule has 0 aliphatic rings. The van der Waals surface area contributed by atoms with Crippen LogP contribution < -0.4 is 12.4 Å². The zero-order valence-corrected chi connectivity index (χ0v) is 11.5. The van der Waals surface area contributed by atoms with Crippen LogP contribution in [0.4, 0.5) is 0 Å². The van der Waals surface area contributed by atoms with E-state index in [1.807, 2.05) is 0 Å². The van der Waals surface area contributed by atoms with Crippen molar-refractivity contribution in [2.45, 2.75) is 38.8 Å². The van der Waals surface area contributed by atoms with Crippen LogP contribution in [0.25, 0.3) is 0 Å². The predicted octanol–water partition coefficient (Wildman–Crippen LogP) is 1.18. The summed E-state index contributed by atoms with van der Waals surface area (Å²) in [6, 6.07) is 10.9. The van der Waals surface area contributed by atoms with E-state index >= 15 is 0 Å². The number of rotatable bonds is 7. The minimum Gasteiger partial charge on any atom is -1.00 e.